The fraction of sp³-hybridized carbons (Fsp3) is 0.394. The first kappa shape index (κ1) is 28.0. The average molecular weight is 575 g/mol. The molecule has 1 unspecified atom stereocenters. The van der Waals surface area contributed by atoms with Gasteiger partial charge in [-0.15, -0.1) is 0 Å². The van der Waals surface area contributed by atoms with Crippen LogP contribution in [0, 0.1) is 11.7 Å². The SMILES string of the molecule is O=C(Nc1cc(Oc2ccc(F)cc2)cc(Oc2ccc(C3(C(=O)O)CC3)cc2)c1)N1CCC(O)(C2CCCCC2)C1. The standard InChI is InChI=1S/C33H35FN2O6/c34-24-8-12-27(13-9-24)42-29-19-25(35-31(39)36-17-16-33(40,21-36)23-4-2-1-3-5-23)18-28(20-29)41-26-10-6-22(7-11-26)32(14-15-32)30(37)38/h6-13,18-20,23,40H,1-5,14-17,21H2,(H,35,39)(H,37,38). The van der Waals surface area contributed by atoms with Gasteiger partial charge in [-0.3, -0.25) is 4.79 Å². The molecule has 2 aliphatic carbocycles. The average Bonchev–Trinajstić information content (AvgIpc) is 3.70. The summed E-state index contributed by atoms with van der Waals surface area (Å²) < 4.78 is 25.5. The molecule has 2 amide bonds. The molecule has 0 aromatic heterocycles. The molecule has 1 heterocycles. The topological polar surface area (TPSA) is 108 Å². The largest absolute Gasteiger partial charge is 0.481 e. The highest BCUT2D eigenvalue weighted by Crippen LogP contribution is 2.49. The fourth-order valence-corrected chi connectivity index (χ4v) is 6.30. The number of carbonyl (C=O) groups excluding carboxylic acids is 1. The summed E-state index contributed by atoms with van der Waals surface area (Å²) in [6.07, 6.45) is 7.21. The number of hydrogen-bond donors (Lipinski definition) is 3. The lowest BCUT2D eigenvalue weighted by Crippen LogP contribution is -2.43. The molecule has 2 saturated carbocycles. The number of rotatable bonds is 8. The smallest absolute Gasteiger partial charge is 0.321 e. The molecule has 3 N–H and O–H groups in total. The van der Waals surface area contributed by atoms with Crippen molar-refractivity contribution in [2.75, 3.05) is 18.4 Å². The monoisotopic (exact) mass is 574 g/mol. The second-order valence-corrected chi connectivity index (χ2v) is 11.8. The molecule has 3 fully saturated rings. The number of halogens is 1. The van der Waals surface area contributed by atoms with Gasteiger partial charge in [-0.05, 0) is 80.0 Å². The van der Waals surface area contributed by atoms with E-state index in [1.165, 1.54) is 30.7 Å². The van der Waals surface area contributed by atoms with Gasteiger partial charge in [0.25, 0.3) is 0 Å². The Balaban J connectivity index is 1.20. The third-order valence-corrected chi connectivity index (χ3v) is 8.91. The second-order valence-electron chi connectivity index (χ2n) is 11.8. The molecule has 0 spiro atoms. The molecule has 3 aromatic rings. The van der Waals surface area contributed by atoms with Crippen molar-refractivity contribution in [3.63, 3.8) is 0 Å². The lowest BCUT2D eigenvalue weighted by Gasteiger charge is -2.35. The first-order chi connectivity index (χ1) is 20.2. The predicted octanol–water partition coefficient (Wildman–Crippen LogP) is 7.08. The number of benzene rings is 3. The van der Waals surface area contributed by atoms with Crippen molar-refractivity contribution in [2.45, 2.75) is 62.4 Å². The molecule has 8 nitrogen and oxygen atoms in total. The minimum atomic E-state index is -0.856. The van der Waals surface area contributed by atoms with Crippen molar-refractivity contribution in [3.05, 3.63) is 78.1 Å². The summed E-state index contributed by atoms with van der Waals surface area (Å²) in [7, 11) is 0. The molecule has 1 saturated heterocycles. The zero-order valence-corrected chi connectivity index (χ0v) is 23.4. The van der Waals surface area contributed by atoms with Crippen LogP contribution in [0.2, 0.25) is 0 Å². The van der Waals surface area contributed by atoms with E-state index >= 15 is 0 Å². The maximum atomic E-state index is 13.4. The van der Waals surface area contributed by atoms with Crippen molar-refractivity contribution in [2.24, 2.45) is 5.92 Å². The van der Waals surface area contributed by atoms with E-state index in [4.69, 9.17) is 9.47 Å². The number of carboxylic acids is 1. The summed E-state index contributed by atoms with van der Waals surface area (Å²) in [6, 6.07) is 17.2. The Morgan fingerprint density at radius 3 is 2.00 bits per heavy atom. The van der Waals surface area contributed by atoms with E-state index in [2.05, 4.69) is 5.32 Å². The second kappa shape index (κ2) is 11.3. The first-order valence-electron chi connectivity index (χ1n) is 14.6. The Hall–Kier alpha value is -4.11. The van der Waals surface area contributed by atoms with E-state index in [1.54, 1.807) is 47.4 Å². The van der Waals surface area contributed by atoms with Gasteiger partial charge < -0.3 is 29.9 Å². The molecule has 1 aliphatic heterocycles. The quantitative estimate of drug-likeness (QED) is 0.265. The van der Waals surface area contributed by atoms with Gasteiger partial charge in [-0.25, -0.2) is 9.18 Å². The number of urea groups is 1. The van der Waals surface area contributed by atoms with Crippen LogP contribution in [0.3, 0.4) is 0 Å². The minimum absolute atomic E-state index is 0.216. The van der Waals surface area contributed by atoms with E-state index in [0.717, 1.165) is 31.2 Å². The maximum absolute atomic E-state index is 13.4. The number of carboxylic acid groups (broad SMARTS) is 1. The van der Waals surface area contributed by atoms with Gasteiger partial charge in [0.1, 0.15) is 28.8 Å². The molecule has 42 heavy (non-hydrogen) atoms. The minimum Gasteiger partial charge on any atom is -0.481 e. The number of nitrogens with zero attached hydrogens (tertiary/aromatic N) is 1. The number of aliphatic carboxylic acids is 1. The Bertz CT molecular complexity index is 1450. The van der Waals surface area contributed by atoms with E-state index in [9.17, 15) is 24.2 Å². The highest BCUT2D eigenvalue weighted by molar-refractivity contribution is 5.90. The molecule has 9 heteroatoms. The third kappa shape index (κ3) is 5.92. The molecular formula is C33H35FN2O6. The van der Waals surface area contributed by atoms with Crippen LogP contribution >= 0.6 is 0 Å². The summed E-state index contributed by atoms with van der Waals surface area (Å²) >= 11 is 0. The highest BCUT2D eigenvalue weighted by atomic mass is 19.1. The molecule has 6 rings (SSSR count). The van der Waals surface area contributed by atoms with Gasteiger partial charge in [0.2, 0.25) is 0 Å². The number of anilines is 1. The zero-order valence-electron chi connectivity index (χ0n) is 23.4. The van der Waals surface area contributed by atoms with Gasteiger partial charge in [0, 0.05) is 30.4 Å². The van der Waals surface area contributed by atoms with Gasteiger partial charge in [0.05, 0.1) is 17.6 Å². The Morgan fingerprint density at radius 1 is 0.833 bits per heavy atom. The lowest BCUT2D eigenvalue weighted by molar-refractivity contribution is -0.140. The van der Waals surface area contributed by atoms with Crippen LogP contribution in [0.25, 0.3) is 0 Å². The van der Waals surface area contributed by atoms with Gasteiger partial charge in [-0.2, -0.15) is 0 Å². The summed E-state index contributed by atoms with van der Waals surface area (Å²) in [6.45, 7) is 0.765. The van der Waals surface area contributed by atoms with Crippen LogP contribution in [-0.4, -0.2) is 45.8 Å². The summed E-state index contributed by atoms with van der Waals surface area (Å²) in [5.41, 5.74) is -0.493. The number of likely N-dealkylation sites (tertiary alicyclic amines) is 1. The Kier molecular flexibility index (Phi) is 7.53. The van der Waals surface area contributed by atoms with Crippen LogP contribution in [0.15, 0.2) is 66.7 Å². The van der Waals surface area contributed by atoms with Crippen LogP contribution in [0.4, 0.5) is 14.9 Å². The molecule has 1 atom stereocenters. The molecule has 0 bridgehead atoms. The van der Waals surface area contributed by atoms with Crippen LogP contribution < -0.4 is 14.8 Å². The molecular weight excluding hydrogens is 539 g/mol. The number of hydrogen-bond acceptors (Lipinski definition) is 5. The number of β-amino-alcohol motifs (C(OH)–C–C–N with tert-alkyl or cyclic N) is 1. The van der Waals surface area contributed by atoms with Crippen molar-refractivity contribution in [3.8, 4) is 23.0 Å². The van der Waals surface area contributed by atoms with Crippen molar-refractivity contribution < 1.29 is 33.7 Å². The third-order valence-electron chi connectivity index (χ3n) is 8.91. The van der Waals surface area contributed by atoms with Gasteiger partial charge in [-0.1, -0.05) is 31.4 Å². The molecule has 3 aliphatic rings. The van der Waals surface area contributed by atoms with Crippen LogP contribution in [0.5, 0.6) is 23.0 Å². The molecule has 3 aromatic carbocycles. The van der Waals surface area contributed by atoms with Gasteiger partial charge >= 0.3 is 12.0 Å². The molecule has 0 radical (unpaired) electrons. The fourth-order valence-electron chi connectivity index (χ4n) is 6.30. The lowest BCUT2D eigenvalue weighted by atomic mass is 9.76. The van der Waals surface area contributed by atoms with Crippen LogP contribution in [0.1, 0.15) is 56.9 Å². The van der Waals surface area contributed by atoms with E-state index in [0.29, 0.717) is 61.0 Å². The zero-order chi connectivity index (χ0) is 29.3. The van der Waals surface area contributed by atoms with E-state index in [-0.39, 0.29) is 17.8 Å². The normalized spacial score (nSPS) is 21.5. The Labute approximate surface area is 244 Å². The summed E-state index contributed by atoms with van der Waals surface area (Å²) in [5, 5.41) is 23.8. The van der Waals surface area contributed by atoms with E-state index < -0.39 is 17.0 Å². The molecule has 220 valence electrons. The van der Waals surface area contributed by atoms with Crippen molar-refractivity contribution in [1.29, 1.82) is 0 Å². The number of amides is 2. The van der Waals surface area contributed by atoms with E-state index in [1.807, 2.05) is 0 Å². The maximum Gasteiger partial charge on any atom is 0.321 e. The first-order valence-corrected chi connectivity index (χ1v) is 14.6. The van der Waals surface area contributed by atoms with Crippen molar-refractivity contribution >= 4 is 17.7 Å². The number of aliphatic hydroxyl groups is 1. The Morgan fingerprint density at radius 2 is 1.43 bits per heavy atom. The van der Waals surface area contributed by atoms with Crippen LogP contribution in [-0.2, 0) is 10.2 Å². The number of ether oxygens (including phenoxy) is 2. The highest BCUT2D eigenvalue weighted by Gasteiger charge is 2.51. The summed E-state index contributed by atoms with van der Waals surface area (Å²) in [5.74, 6) is 0.672. The van der Waals surface area contributed by atoms with Gasteiger partial charge in [0.15, 0.2) is 0 Å². The number of carbonyl (C=O) groups is 2. The van der Waals surface area contributed by atoms with Crippen molar-refractivity contribution in [1.82, 2.24) is 4.90 Å². The predicted molar refractivity (Wildman–Crippen MR) is 155 cm³/mol. The summed E-state index contributed by atoms with van der Waals surface area (Å²) in [4.78, 5) is 26.6. The number of nitrogens with one attached hydrogen (secondary N) is 1.